The third-order valence-electron chi connectivity index (χ3n) is 4.57. The highest BCUT2D eigenvalue weighted by Gasteiger charge is 2.22. The van der Waals surface area contributed by atoms with E-state index in [1.807, 2.05) is 28.9 Å². The predicted octanol–water partition coefficient (Wildman–Crippen LogP) is 2.68. The van der Waals surface area contributed by atoms with Crippen LogP contribution in [0.15, 0.2) is 59.7 Å². The number of fused-ring (bicyclic) bond motifs is 1. The SMILES string of the molecule is COCCNC(=O)N(Cc1ccco1)c1ncc(C(=O)NCc2ccc3nccn3c2)s1. The van der Waals surface area contributed by atoms with Crippen LogP contribution in [-0.2, 0) is 17.8 Å². The number of methoxy groups -OCH3 is 1. The van der Waals surface area contributed by atoms with Crippen molar-refractivity contribution in [2.45, 2.75) is 13.1 Å². The fourth-order valence-corrected chi connectivity index (χ4v) is 3.80. The Morgan fingerprint density at radius 3 is 2.97 bits per heavy atom. The lowest BCUT2D eigenvalue weighted by molar-refractivity contribution is 0.0954. The number of nitrogens with one attached hydrogen (secondary N) is 2. The zero-order valence-electron chi connectivity index (χ0n) is 17.4. The molecule has 0 atom stereocenters. The van der Waals surface area contributed by atoms with Gasteiger partial charge in [0, 0.05) is 38.8 Å². The van der Waals surface area contributed by atoms with E-state index in [0.29, 0.717) is 35.5 Å². The van der Waals surface area contributed by atoms with E-state index in [1.165, 1.54) is 17.4 Å². The van der Waals surface area contributed by atoms with Gasteiger partial charge in [0.15, 0.2) is 5.13 Å². The topological polar surface area (TPSA) is 114 Å². The van der Waals surface area contributed by atoms with Crippen LogP contribution in [0.5, 0.6) is 0 Å². The quantitative estimate of drug-likeness (QED) is 0.376. The normalized spacial score (nSPS) is 10.9. The summed E-state index contributed by atoms with van der Waals surface area (Å²) in [6, 6.07) is 6.97. The van der Waals surface area contributed by atoms with Gasteiger partial charge in [-0.05, 0) is 23.8 Å². The molecule has 0 unspecified atom stereocenters. The Kier molecular flexibility index (Phi) is 6.78. The van der Waals surface area contributed by atoms with Crippen LogP contribution >= 0.6 is 11.3 Å². The summed E-state index contributed by atoms with van der Waals surface area (Å²) < 4.78 is 12.2. The zero-order chi connectivity index (χ0) is 22.3. The second-order valence-corrected chi connectivity index (χ2v) is 7.82. The molecule has 0 spiro atoms. The predicted molar refractivity (Wildman–Crippen MR) is 119 cm³/mol. The van der Waals surface area contributed by atoms with E-state index in [-0.39, 0.29) is 18.5 Å². The number of aromatic nitrogens is 3. The summed E-state index contributed by atoms with van der Waals surface area (Å²) in [7, 11) is 1.56. The van der Waals surface area contributed by atoms with Gasteiger partial charge in [0.2, 0.25) is 0 Å². The minimum atomic E-state index is -0.353. The van der Waals surface area contributed by atoms with Gasteiger partial charge in [-0.3, -0.25) is 9.69 Å². The van der Waals surface area contributed by atoms with Crippen molar-refractivity contribution in [1.82, 2.24) is 25.0 Å². The number of rotatable bonds is 9. The molecular weight excluding hydrogens is 432 g/mol. The second-order valence-electron chi connectivity index (χ2n) is 6.81. The van der Waals surface area contributed by atoms with Crippen molar-refractivity contribution in [3.63, 3.8) is 0 Å². The smallest absolute Gasteiger partial charge is 0.324 e. The molecule has 0 aromatic carbocycles. The van der Waals surface area contributed by atoms with Gasteiger partial charge in [-0.1, -0.05) is 17.4 Å². The van der Waals surface area contributed by atoms with Crippen LogP contribution in [0.2, 0.25) is 0 Å². The molecule has 4 heterocycles. The maximum atomic E-state index is 12.7. The number of hydrogen-bond donors (Lipinski definition) is 2. The number of anilines is 1. The minimum Gasteiger partial charge on any atom is -0.467 e. The van der Waals surface area contributed by atoms with Crippen molar-refractivity contribution < 1.29 is 18.7 Å². The standard InChI is InChI=1S/C21H22N6O4S/c1-30-10-7-23-20(29)27(14-16-3-2-9-31-16)21-25-12-17(32-21)19(28)24-11-15-4-5-18-22-6-8-26(18)13-15/h2-6,8-9,12-13H,7,10-11,14H2,1H3,(H,23,29)(H,24,28). The lowest BCUT2D eigenvalue weighted by atomic mass is 10.3. The van der Waals surface area contributed by atoms with E-state index in [9.17, 15) is 9.59 Å². The van der Waals surface area contributed by atoms with Crippen LogP contribution in [0.4, 0.5) is 9.93 Å². The lowest BCUT2D eigenvalue weighted by Gasteiger charge is -2.19. The van der Waals surface area contributed by atoms with E-state index in [1.54, 1.807) is 25.4 Å². The summed E-state index contributed by atoms with van der Waals surface area (Å²) in [4.78, 5) is 35.7. The Labute approximate surface area is 187 Å². The molecule has 0 fully saturated rings. The third-order valence-corrected chi connectivity index (χ3v) is 5.59. The number of hydrogen-bond acceptors (Lipinski definition) is 7. The molecule has 4 aromatic heterocycles. The highest BCUT2D eigenvalue weighted by molar-refractivity contribution is 7.17. The molecule has 0 saturated carbocycles. The largest absolute Gasteiger partial charge is 0.467 e. The van der Waals surface area contributed by atoms with Crippen LogP contribution < -0.4 is 15.5 Å². The number of furan rings is 1. The van der Waals surface area contributed by atoms with Crippen LogP contribution in [0.1, 0.15) is 21.0 Å². The summed E-state index contributed by atoms with van der Waals surface area (Å²) in [5.74, 6) is 0.334. The first kappa shape index (κ1) is 21.5. The van der Waals surface area contributed by atoms with Crippen molar-refractivity contribution in [3.8, 4) is 0 Å². The van der Waals surface area contributed by atoms with Gasteiger partial charge in [0.05, 0.1) is 25.6 Å². The number of carbonyl (C=O) groups excluding carboxylic acids is 2. The molecule has 4 aromatic rings. The summed E-state index contributed by atoms with van der Waals surface area (Å²) in [5.41, 5.74) is 1.78. The third kappa shape index (κ3) is 5.13. The highest BCUT2D eigenvalue weighted by atomic mass is 32.1. The van der Waals surface area contributed by atoms with Gasteiger partial charge in [-0.2, -0.15) is 0 Å². The summed E-state index contributed by atoms with van der Waals surface area (Å²) >= 11 is 1.13. The molecule has 2 N–H and O–H groups in total. The zero-order valence-corrected chi connectivity index (χ0v) is 18.2. The molecule has 166 valence electrons. The molecule has 0 aliphatic rings. The van der Waals surface area contributed by atoms with Crippen LogP contribution in [0.25, 0.3) is 5.65 Å². The van der Waals surface area contributed by atoms with Crippen molar-refractivity contribution in [2.75, 3.05) is 25.2 Å². The van der Waals surface area contributed by atoms with Crippen molar-refractivity contribution >= 4 is 34.1 Å². The van der Waals surface area contributed by atoms with E-state index in [0.717, 1.165) is 22.5 Å². The van der Waals surface area contributed by atoms with Crippen molar-refractivity contribution in [2.24, 2.45) is 0 Å². The summed E-state index contributed by atoms with van der Waals surface area (Å²) in [5, 5.41) is 6.05. The number of amides is 3. The molecule has 4 rings (SSSR count). The number of imidazole rings is 1. The maximum Gasteiger partial charge on any atom is 0.324 e. The molecule has 0 radical (unpaired) electrons. The Morgan fingerprint density at radius 1 is 1.25 bits per heavy atom. The molecule has 32 heavy (non-hydrogen) atoms. The van der Waals surface area contributed by atoms with Gasteiger partial charge in [-0.15, -0.1) is 0 Å². The first-order valence-electron chi connectivity index (χ1n) is 9.86. The van der Waals surface area contributed by atoms with Gasteiger partial charge >= 0.3 is 6.03 Å². The van der Waals surface area contributed by atoms with Crippen LogP contribution in [0.3, 0.4) is 0 Å². The number of ether oxygens (including phenoxy) is 1. The molecule has 10 nitrogen and oxygen atoms in total. The first-order chi connectivity index (χ1) is 15.6. The van der Waals surface area contributed by atoms with E-state index in [4.69, 9.17) is 9.15 Å². The number of carbonyl (C=O) groups is 2. The number of pyridine rings is 1. The molecular formula is C21H22N6O4S. The summed E-state index contributed by atoms with van der Waals surface area (Å²) in [6.45, 7) is 1.28. The Balaban J connectivity index is 1.43. The number of nitrogens with zero attached hydrogens (tertiary/aromatic N) is 4. The second kappa shape index (κ2) is 10.1. The van der Waals surface area contributed by atoms with Gasteiger partial charge in [-0.25, -0.2) is 14.8 Å². The summed E-state index contributed by atoms with van der Waals surface area (Å²) in [6.07, 6.45) is 8.48. The Morgan fingerprint density at radius 2 is 2.16 bits per heavy atom. The van der Waals surface area contributed by atoms with Gasteiger partial charge < -0.3 is 24.2 Å². The van der Waals surface area contributed by atoms with Crippen molar-refractivity contribution in [1.29, 1.82) is 0 Å². The molecule has 0 bridgehead atoms. The number of thiazole rings is 1. The van der Waals surface area contributed by atoms with Gasteiger partial charge in [0.25, 0.3) is 5.91 Å². The van der Waals surface area contributed by atoms with Gasteiger partial charge in [0.1, 0.15) is 16.3 Å². The van der Waals surface area contributed by atoms with E-state index >= 15 is 0 Å². The average Bonchev–Trinajstić information content (AvgIpc) is 3.57. The van der Waals surface area contributed by atoms with Crippen LogP contribution in [0, 0.1) is 0 Å². The molecule has 0 aliphatic heterocycles. The van der Waals surface area contributed by atoms with E-state index in [2.05, 4.69) is 20.6 Å². The molecule has 3 amide bonds. The van der Waals surface area contributed by atoms with E-state index < -0.39 is 0 Å². The average molecular weight is 455 g/mol. The minimum absolute atomic E-state index is 0.186. The molecule has 0 aliphatic carbocycles. The fourth-order valence-electron chi connectivity index (χ4n) is 2.97. The lowest BCUT2D eigenvalue weighted by Crippen LogP contribution is -2.40. The fraction of sp³-hybridized carbons (Fsp3) is 0.238. The first-order valence-corrected chi connectivity index (χ1v) is 10.7. The van der Waals surface area contributed by atoms with Crippen molar-refractivity contribution in [3.05, 3.63) is 71.5 Å². The Hall–Kier alpha value is -3.70. The Bertz CT molecular complexity index is 1190. The maximum absolute atomic E-state index is 12.7. The molecule has 11 heteroatoms. The highest BCUT2D eigenvalue weighted by Crippen LogP contribution is 2.24. The monoisotopic (exact) mass is 454 g/mol. The number of urea groups is 1. The molecule has 0 saturated heterocycles. The van der Waals surface area contributed by atoms with Crippen LogP contribution in [-0.4, -0.2) is 46.6 Å².